The molecule has 0 fully saturated rings. The van der Waals surface area contributed by atoms with Crippen molar-refractivity contribution < 1.29 is 5.11 Å². The Hall–Kier alpha value is -1.39. The summed E-state index contributed by atoms with van der Waals surface area (Å²) < 4.78 is 2.08. The quantitative estimate of drug-likeness (QED) is 0.808. The fourth-order valence-corrected chi connectivity index (χ4v) is 1.68. The summed E-state index contributed by atoms with van der Waals surface area (Å²) in [4.78, 5) is 4.54. The standard InChI is InChI=1S/C12H17N3O/c1-9(8-16)13-7-12-14-10-5-3-4-6-11(10)15(12)2/h3-6,9,13,16H,7-8H2,1-2H3/t9-/m0/s1. The van der Waals surface area contributed by atoms with Crippen LogP contribution in [0.4, 0.5) is 0 Å². The maximum absolute atomic E-state index is 8.93. The average Bonchev–Trinajstić information content (AvgIpc) is 2.64. The molecule has 2 N–H and O–H groups in total. The van der Waals surface area contributed by atoms with E-state index in [1.807, 2.05) is 32.2 Å². The van der Waals surface area contributed by atoms with Crippen molar-refractivity contribution in [1.29, 1.82) is 0 Å². The second-order valence-corrected chi connectivity index (χ2v) is 4.04. The molecule has 0 saturated carbocycles. The van der Waals surface area contributed by atoms with Crippen LogP contribution in [-0.4, -0.2) is 27.3 Å². The van der Waals surface area contributed by atoms with Crippen LogP contribution < -0.4 is 5.32 Å². The highest BCUT2D eigenvalue weighted by Gasteiger charge is 2.07. The van der Waals surface area contributed by atoms with Crippen LogP contribution in [0, 0.1) is 0 Å². The third-order valence-corrected chi connectivity index (χ3v) is 2.76. The Morgan fingerprint density at radius 3 is 2.88 bits per heavy atom. The van der Waals surface area contributed by atoms with Crippen LogP contribution in [-0.2, 0) is 13.6 Å². The van der Waals surface area contributed by atoms with E-state index in [1.165, 1.54) is 0 Å². The van der Waals surface area contributed by atoms with Crippen molar-refractivity contribution in [2.24, 2.45) is 7.05 Å². The Bertz CT molecular complexity index is 478. The lowest BCUT2D eigenvalue weighted by Crippen LogP contribution is -2.29. The van der Waals surface area contributed by atoms with Gasteiger partial charge in [-0.15, -0.1) is 0 Å². The molecule has 0 aliphatic rings. The van der Waals surface area contributed by atoms with E-state index in [0.29, 0.717) is 6.54 Å². The van der Waals surface area contributed by atoms with Crippen LogP contribution in [0.3, 0.4) is 0 Å². The predicted octanol–water partition coefficient (Wildman–Crippen LogP) is 1.04. The zero-order valence-electron chi connectivity index (χ0n) is 9.64. The normalized spacial score (nSPS) is 13.2. The number of nitrogens with one attached hydrogen (secondary N) is 1. The summed E-state index contributed by atoms with van der Waals surface area (Å²) in [6.45, 7) is 2.76. The van der Waals surface area contributed by atoms with Gasteiger partial charge in [0.1, 0.15) is 5.82 Å². The lowest BCUT2D eigenvalue weighted by molar-refractivity contribution is 0.250. The summed E-state index contributed by atoms with van der Waals surface area (Å²) in [5.41, 5.74) is 2.15. The van der Waals surface area contributed by atoms with E-state index in [-0.39, 0.29) is 12.6 Å². The lowest BCUT2D eigenvalue weighted by Gasteiger charge is -2.10. The first-order valence-corrected chi connectivity index (χ1v) is 5.47. The maximum atomic E-state index is 8.93. The molecule has 0 bridgehead atoms. The van der Waals surface area contributed by atoms with Gasteiger partial charge < -0.3 is 15.0 Å². The van der Waals surface area contributed by atoms with E-state index < -0.39 is 0 Å². The molecule has 1 atom stereocenters. The number of rotatable bonds is 4. The first-order valence-electron chi connectivity index (χ1n) is 5.47. The minimum atomic E-state index is 0.0970. The van der Waals surface area contributed by atoms with Gasteiger partial charge >= 0.3 is 0 Å². The Balaban J connectivity index is 2.21. The van der Waals surface area contributed by atoms with Gasteiger partial charge in [0.15, 0.2) is 0 Å². The third kappa shape index (κ3) is 2.08. The average molecular weight is 219 g/mol. The summed E-state index contributed by atoms with van der Waals surface area (Å²) in [5, 5.41) is 12.1. The van der Waals surface area contributed by atoms with E-state index in [2.05, 4.69) is 20.9 Å². The van der Waals surface area contributed by atoms with E-state index in [1.54, 1.807) is 0 Å². The van der Waals surface area contributed by atoms with Crippen molar-refractivity contribution in [3.05, 3.63) is 30.1 Å². The largest absolute Gasteiger partial charge is 0.395 e. The smallest absolute Gasteiger partial charge is 0.123 e. The molecule has 0 spiro atoms. The molecule has 0 saturated heterocycles. The molecule has 16 heavy (non-hydrogen) atoms. The number of fused-ring (bicyclic) bond motifs is 1. The number of imidazole rings is 1. The van der Waals surface area contributed by atoms with Gasteiger partial charge in [-0.25, -0.2) is 4.98 Å². The number of hydrogen-bond donors (Lipinski definition) is 2. The molecule has 4 nitrogen and oxygen atoms in total. The first kappa shape index (κ1) is 11.1. The Kier molecular flexibility index (Phi) is 3.22. The monoisotopic (exact) mass is 219 g/mol. The van der Waals surface area contributed by atoms with Crippen LogP contribution in [0.1, 0.15) is 12.7 Å². The minimum Gasteiger partial charge on any atom is -0.395 e. The molecular weight excluding hydrogens is 202 g/mol. The summed E-state index contributed by atoms with van der Waals surface area (Å²) in [6.07, 6.45) is 0. The van der Waals surface area contributed by atoms with Gasteiger partial charge in [0.25, 0.3) is 0 Å². The van der Waals surface area contributed by atoms with Crippen molar-refractivity contribution >= 4 is 11.0 Å². The minimum absolute atomic E-state index is 0.0970. The number of aliphatic hydroxyl groups excluding tert-OH is 1. The van der Waals surface area contributed by atoms with Crippen molar-refractivity contribution in [1.82, 2.24) is 14.9 Å². The zero-order valence-corrected chi connectivity index (χ0v) is 9.64. The molecule has 1 aromatic heterocycles. The van der Waals surface area contributed by atoms with Gasteiger partial charge in [-0.2, -0.15) is 0 Å². The van der Waals surface area contributed by atoms with Crippen molar-refractivity contribution in [2.45, 2.75) is 19.5 Å². The van der Waals surface area contributed by atoms with Crippen LogP contribution in [0.2, 0.25) is 0 Å². The fraction of sp³-hybridized carbons (Fsp3) is 0.417. The molecular formula is C12H17N3O. The molecule has 0 aliphatic heterocycles. The van der Waals surface area contributed by atoms with Crippen LogP contribution in [0.25, 0.3) is 11.0 Å². The van der Waals surface area contributed by atoms with Crippen LogP contribution >= 0.6 is 0 Å². The second-order valence-electron chi connectivity index (χ2n) is 4.04. The van der Waals surface area contributed by atoms with Crippen LogP contribution in [0.5, 0.6) is 0 Å². The van der Waals surface area contributed by atoms with E-state index >= 15 is 0 Å². The number of benzene rings is 1. The molecule has 2 rings (SSSR count). The highest BCUT2D eigenvalue weighted by Crippen LogP contribution is 2.13. The van der Waals surface area contributed by atoms with Gasteiger partial charge in [0.05, 0.1) is 24.2 Å². The Morgan fingerprint density at radius 2 is 2.19 bits per heavy atom. The molecule has 2 aromatic rings. The van der Waals surface area contributed by atoms with E-state index in [9.17, 15) is 0 Å². The summed E-state index contributed by atoms with van der Waals surface area (Å²) in [6, 6.07) is 8.16. The number of aromatic nitrogens is 2. The SMILES string of the molecule is C[C@@H](CO)NCc1nc2ccccc2n1C. The number of hydrogen-bond acceptors (Lipinski definition) is 3. The van der Waals surface area contributed by atoms with E-state index in [0.717, 1.165) is 16.9 Å². The molecule has 0 aliphatic carbocycles. The number of nitrogens with zero attached hydrogens (tertiary/aromatic N) is 2. The highest BCUT2D eigenvalue weighted by atomic mass is 16.3. The molecule has 1 heterocycles. The first-order chi connectivity index (χ1) is 7.72. The van der Waals surface area contributed by atoms with Gasteiger partial charge in [0, 0.05) is 13.1 Å². The number of aliphatic hydroxyl groups is 1. The Morgan fingerprint density at radius 1 is 1.44 bits per heavy atom. The zero-order chi connectivity index (χ0) is 11.5. The van der Waals surface area contributed by atoms with Crippen molar-refractivity contribution in [3.8, 4) is 0 Å². The number of aryl methyl sites for hydroxylation is 1. The second kappa shape index (κ2) is 4.63. The third-order valence-electron chi connectivity index (χ3n) is 2.76. The summed E-state index contributed by atoms with van der Waals surface area (Å²) >= 11 is 0. The molecule has 4 heteroatoms. The van der Waals surface area contributed by atoms with Gasteiger partial charge in [-0.1, -0.05) is 12.1 Å². The fourth-order valence-electron chi connectivity index (χ4n) is 1.68. The lowest BCUT2D eigenvalue weighted by atomic mass is 10.3. The van der Waals surface area contributed by atoms with Gasteiger partial charge in [-0.3, -0.25) is 0 Å². The van der Waals surface area contributed by atoms with Crippen molar-refractivity contribution in [2.75, 3.05) is 6.61 Å². The van der Waals surface area contributed by atoms with Gasteiger partial charge in [-0.05, 0) is 19.1 Å². The number of para-hydroxylation sites is 2. The summed E-state index contributed by atoms with van der Waals surface area (Å²) in [7, 11) is 2.01. The molecule has 0 unspecified atom stereocenters. The molecule has 0 amide bonds. The molecule has 1 aromatic carbocycles. The van der Waals surface area contributed by atoms with Crippen LogP contribution in [0.15, 0.2) is 24.3 Å². The Labute approximate surface area is 94.9 Å². The maximum Gasteiger partial charge on any atom is 0.123 e. The van der Waals surface area contributed by atoms with Crippen molar-refractivity contribution in [3.63, 3.8) is 0 Å². The van der Waals surface area contributed by atoms with E-state index in [4.69, 9.17) is 5.11 Å². The topological polar surface area (TPSA) is 50.1 Å². The predicted molar refractivity (Wildman–Crippen MR) is 64.1 cm³/mol. The molecule has 86 valence electrons. The summed E-state index contributed by atoms with van der Waals surface area (Å²) in [5.74, 6) is 0.988. The highest BCUT2D eigenvalue weighted by molar-refractivity contribution is 5.75. The van der Waals surface area contributed by atoms with Gasteiger partial charge in [0.2, 0.25) is 0 Å². The molecule has 0 radical (unpaired) electrons.